The molecule has 6 nitrogen and oxygen atoms in total. The molecular weight excluding hydrogens is 390 g/mol. The lowest BCUT2D eigenvalue weighted by Crippen LogP contribution is -2.08. The SMILES string of the molecule is COc1ccc(COc2ccccc2CC(=O)Cc2nccs2)c(OC)c1OC. The number of carbonyl (C=O) groups excluding carboxylic acids is 1. The number of benzene rings is 2. The largest absolute Gasteiger partial charge is 0.493 e. The Balaban J connectivity index is 1.74. The molecule has 0 N–H and O–H groups in total. The number of methoxy groups -OCH3 is 3. The Morgan fingerprint density at radius 1 is 0.897 bits per heavy atom. The van der Waals surface area contributed by atoms with E-state index in [1.54, 1.807) is 27.5 Å². The van der Waals surface area contributed by atoms with Gasteiger partial charge in [-0.05, 0) is 18.2 Å². The van der Waals surface area contributed by atoms with Crippen molar-refractivity contribution in [2.24, 2.45) is 0 Å². The first-order chi connectivity index (χ1) is 14.2. The molecule has 0 aliphatic rings. The van der Waals surface area contributed by atoms with E-state index in [1.165, 1.54) is 11.3 Å². The van der Waals surface area contributed by atoms with Crippen LogP contribution in [0.1, 0.15) is 16.1 Å². The number of hydrogen-bond donors (Lipinski definition) is 0. The van der Waals surface area contributed by atoms with Crippen LogP contribution in [-0.2, 0) is 24.2 Å². The standard InChI is InChI=1S/C22H23NO5S/c1-25-19-9-8-16(21(26-2)22(19)27-3)14-28-18-7-5-4-6-15(18)12-17(24)13-20-23-10-11-29-20/h4-11H,12-14H2,1-3H3. The maximum atomic E-state index is 12.4. The Bertz CT molecular complexity index is 956. The summed E-state index contributed by atoms with van der Waals surface area (Å²) in [5, 5.41) is 2.69. The molecule has 152 valence electrons. The number of para-hydroxylation sites is 1. The molecule has 7 heteroatoms. The zero-order valence-electron chi connectivity index (χ0n) is 16.6. The molecule has 0 fully saturated rings. The van der Waals surface area contributed by atoms with Crippen molar-refractivity contribution in [2.45, 2.75) is 19.4 Å². The highest BCUT2D eigenvalue weighted by atomic mass is 32.1. The molecule has 0 amide bonds. The van der Waals surface area contributed by atoms with Crippen molar-refractivity contribution in [3.8, 4) is 23.0 Å². The summed E-state index contributed by atoms with van der Waals surface area (Å²) in [7, 11) is 4.72. The van der Waals surface area contributed by atoms with Crippen LogP contribution in [0.25, 0.3) is 0 Å². The molecule has 29 heavy (non-hydrogen) atoms. The van der Waals surface area contributed by atoms with Gasteiger partial charge in [-0.2, -0.15) is 0 Å². The molecular formula is C22H23NO5S. The summed E-state index contributed by atoms with van der Waals surface area (Å²) >= 11 is 1.48. The molecule has 3 aromatic rings. The van der Waals surface area contributed by atoms with Crippen LogP contribution in [0.15, 0.2) is 48.0 Å². The maximum Gasteiger partial charge on any atom is 0.203 e. The smallest absolute Gasteiger partial charge is 0.203 e. The second-order valence-electron chi connectivity index (χ2n) is 6.21. The highest BCUT2D eigenvalue weighted by Crippen LogP contribution is 2.40. The van der Waals surface area contributed by atoms with E-state index in [4.69, 9.17) is 18.9 Å². The van der Waals surface area contributed by atoms with Crippen LogP contribution in [-0.4, -0.2) is 32.1 Å². The normalized spacial score (nSPS) is 10.4. The predicted molar refractivity (Wildman–Crippen MR) is 111 cm³/mol. The zero-order valence-corrected chi connectivity index (χ0v) is 17.5. The number of ketones is 1. The van der Waals surface area contributed by atoms with Gasteiger partial charge < -0.3 is 18.9 Å². The Kier molecular flexibility index (Phi) is 7.08. The minimum absolute atomic E-state index is 0.0969. The van der Waals surface area contributed by atoms with Crippen LogP contribution < -0.4 is 18.9 Å². The third-order valence-electron chi connectivity index (χ3n) is 4.36. The van der Waals surface area contributed by atoms with E-state index in [-0.39, 0.29) is 12.4 Å². The first kappa shape index (κ1) is 20.7. The summed E-state index contributed by atoms with van der Waals surface area (Å²) in [4.78, 5) is 16.6. The van der Waals surface area contributed by atoms with Gasteiger partial charge in [-0.15, -0.1) is 11.3 Å². The second-order valence-corrected chi connectivity index (χ2v) is 7.19. The number of aromatic nitrogens is 1. The van der Waals surface area contributed by atoms with Gasteiger partial charge in [0.2, 0.25) is 5.75 Å². The van der Waals surface area contributed by atoms with Crippen molar-refractivity contribution in [1.29, 1.82) is 0 Å². The average Bonchev–Trinajstić information content (AvgIpc) is 3.25. The molecule has 2 aromatic carbocycles. The molecule has 0 aliphatic heterocycles. The Morgan fingerprint density at radius 2 is 1.69 bits per heavy atom. The van der Waals surface area contributed by atoms with Crippen LogP contribution in [0.4, 0.5) is 0 Å². The molecule has 3 rings (SSSR count). The Hall–Kier alpha value is -3.06. The van der Waals surface area contributed by atoms with Gasteiger partial charge in [0.15, 0.2) is 11.5 Å². The van der Waals surface area contributed by atoms with Crippen LogP contribution in [0.2, 0.25) is 0 Å². The van der Waals surface area contributed by atoms with E-state index < -0.39 is 0 Å². The van der Waals surface area contributed by atoms with E-state index in [0.717, 1.165) is 16.1 Å². The van der Waals surface area contributed by atoms with Crippen LogP contribution in [0.5, 0.6) is 23.0 Å². The third-order valence-corrected chi connectivity index (χ3v) is 5.14. The lowest BCUT2D eigenvalue weighted by Gasteiger charge is -2.17. The van der Waals surface area contributed by atoms with Gasteiger partial charge in [0, 0.05) is 29.1 Å². The molecule has 0 spiro atoms. The van der Waals surface area contributed by atoms with Crippen molar-refractivity contribution in [2.75, 3.05) is 21.3 Å². The van der Waals surface area contributed by atoms with Gasteiger partial charge in [0.1, 0.15) is 18.1 Å². The molecule has 0 radical (unpaired) electrons. The summed E-state index contributed by atoms with van der Waals surface area (Å²) < 4.78 is 22.3. The monoisotopic (exact) mass is 413 g/mol. The summed E-state index contributed by atoms with van der Waals surface area (Å²) in [5.41, 5.74) is 1.66. The van der Waals surface area contributed by atoms with Crippen LogP contribution in [0, 0.1) is 0 Å². The molecule has 0 aliphatic carbocycles. The van der Waals surface area contributed by atoms with Gasteiger partial charge in [-0.1, -0.05) is 18.2 Å². The summed E-state index contributed by atoms with van der Waals surface area (Å²) in [6.07, 6.45) is 2.33. The predicted octanol–water partition coefficient (Wildman–Crippen LogP) is 4.10. The van der Waals surface area contributed by atoms with E-state index >= 15 is 0 Å². The van der Waals surface area contributed by atoms with Crippen molar-refractivity contribution in [3.63, 3.8) is 0 Å². The van der Waals surface area contributed by atoms with E-state index in [1.807, 2.05) is 41.8 Å². The Labute approximate surface area is 174 Å². The minimum atomic E-state index is 0.0969. The van der Waals surface area contributed by atoms with Crippen molar-refractivity contribution >= 4 is 17.1 Å². The fourth-order valence-electron chi connectivity index (χ4n) is 3.01. The van der Waals surface area contributed by atoms with E-state index in [0.29, 0.717) is 35.8 Å². The van der Waals surface area contributed by atoms with Gasteiger partial charge in [0.05, 0.1) is 32.8 Å². The number of thiazole rings is 1. The fraction of sp³-hybridized carbons (Fsp3) is 0.273. The highest BCUT2D eigenvalue weighted by molar-refractivity contribution is 7.09. The molecule has 0 saturated heterocycles. The lowest BCUT2D eigenvalue weighted by atomic mass is 10.1. The summed E-state index contributed by atoms with van der Waals surface area (Å²) in [6.45, 7) is 0.265. The number of ether oxygens (including phenoxy) is 4. The van der Waals surface area contributed by atoms with Gasteiger partial charge >= 0.3 is 0 Å². The van der Waals surface area contributed by atoms with Crippen molar-refractivity contribution in [3.05, 3.63) is 64.1 Å². The minimum Gasteiger partial charge on any atom is -0.493 e. The van der Waals surface area contributed by atoms with Gasteiger partial charge in [0.25, 0.3) is 0 Å². The van der Waals surface area contributed by atoms with Crippen molar-refractivity contribution in [1.82, 2.24) is 4.98 Å². The lowest BCUT2D eigenvalue weighted by molar-refractivity contribution is -0.117. The van der Waals surface area contributed by atoms with E-state index in [9.17, 15) is 4.79 Å². The maximum absolute atomic E-state index is 12.4. The van der Waals surface area contributed by atoms with Crippen molar-refractivity contribution < 1.29 is 23.7 Å². The highest BCUT2D eigenvalue weighted by Gasteiger charge is 2.17. The molecule has 0 atom stereocenters. The number of carbonyl (C=O) groups is 1. The zero-order chi connectivity index (χ0) is 20.6. The number of hydrogen-bond acceptors (Lipinski definition) is 7. The number of Topliss-reactive ketones (excluding diaryl/α,β-unsaturated/α-hetero) is 1. The average molecular weight is 413 g/mol. The Morgan fingerprint density at radius 3 is 2.38 bits per heavy atom. The van der Waals surface area contributed by atoms with Crippen LogP contribution in [0.3, 0.4) is 0 Å². The fourth-order valence-corrected chi connectivity index (χ4v) is 3.65. The first-order valence-corrected chi connectivity index (χ1v) is 9.92. The van der Waals surface area contributed by atoms with Gasteiger partial charge in [-0.3, -0.25) is 4.79 Å². The molecule has 0 unspecified atom stereocenters. The summed E-state index contributed by atoms with van der Waals surface area (Å²) in [6, 6.07) is 11.2. The van der Waals surface area contributed by atoms with E-state index in [2.05, 4.69) is 4.98 Å². The second kappa shape index (κ2) is 9.93. The topological polar surface area (TPSA) is 66.9 Å². The molecule has 0 bridgehead atoms. The number of nitrogens with zero attached hydrogens (tertiary/aromatic N) is 1. The summed E-state index contributed by atoms with van der Waals surface area (Å²) in [5.74, 6) is 2.42. The van der Waals surface area contributed by atoms with Gasteiger partial charge in [-0.25, -0.2) is 4.98 Å². The molecule has 1 aromatic heterocycles. The quantitative estimate of drug-likeness (QED) is 0.498. The molecule has 0 saturated carbocycles. The first-order valence-electron chi connectivity index (χ1n) is 9.04. The third kappa shape index (κ3) is 5.06. The molecule has 1 heterocycles. The van der Waals surface area contributed by atoms with Crippen LogP contribution >= 0.6 is 11.3 Å². The number of rotatable bonds is 10.